The van der Waals surface area contributed by atoms with Gasteiger partial charge in [0.15, 0.2) is 5.75 Å². The average molecular weight is 674 g/mol. The van der Waals surface area contributed by atoms with E-state index in [-0.39, 0.29) is 33.0 Å². The number of benzene rings is 2. The van der Waals surface area contributed by atoms with Crippen molar-refractivity contribution >= 4 is 64.8 Å². The third-order valence-corrected chi connectivity index (χ3v) is 6.91. The molecule has 240 valence electrons. The molecule has 0 fully saturated rings. The molecule has 0 aliphatic heterocycles. The van der Waals surface area contributed by atoms with Crippen LogP contribution in [0.5, 0.6) is 11.5 Å². The van der Waals surface area contributed by atoms with E-state index in [4.69, 9.17) is 54.7 Å². The van der Waals surface area contributed by atoms with E-state index in [0.29, 0.717) is 24.3 Å². The van der Waals surface area contributed by atoms with Crippen LogP contribution in [0, 0.1) is 0 Å². The Morgan fingerprint density at radius 2 is 1.57 bits per heavy atom. The number of nitrogens with one attached hydrogen (secondary N) is 2. The molecule has 0 aliphatic carbocycles. The fraction of sp³-hybridized carbons (Fsp3) is 0.414. The van der Waals surface area contributed by atoms with E-state index in [9.17, 15) is 24.0 Å². The molecule has 0 aromatic heterocycles. The summed E-state index contributed by atoms with van der Waals surface area (Å²) in [6.07, 6.45) is -0.812. The van der Waals surface area contributed by atoms with Gasteiger partial charge in [-0.3, -0.25) is 9.59 Å². The maximum Gasteiger partial charge on any atom is 0.417 e. The van der Waals surface area contributed by atoms with Crippen molar-refractivity contribution in [3.8, 4) is 11.5 Å². The number of unbranched alkanes of at least 4 members (excludes halogenated alkanes) is 1. The number of imide groups is 1. The summed E-state index contributed by atoms with van der Waals surface area (Å²) in [6, 6.07) is 8.41. The van der Waals surface area contributed by atoms with Gasteiger partial charge in [-0.25, -0.2) is 19.3 Å². The van der Waals surface area contributed by atoms with Crippen LogP contribution in [0.4, 0.5) is 9.59 Å². The van der Waals surface area contributed by atoms with E-state index >= 15 is 0 Å². The van der Waals surface area contributed by atoms with E-state index in [1.165, 1.54) is 19.1 Å². The topological polar surface area (TPSA) is 166 Å². The van der Waals surface area contributed by atoms with Crippen LogP contribution < -0.4 is 25.8 Å². The van der Waals surface area contributed by atoms with Crippen molar-refractivity contribution in [3.05, 3.63) is 57.5 Å². The summed E-state index contributed by atoms with van der Waals surface area (Å²) in [5.41, 5.74) is 4.53. The van der Waals surface area contributed by atoms with E-state index in [1.54, 1.807) is 51.1 Å². The van der Waals surface area contributed by atoms with Crippen LogP contribution in [0.25, 0.3) is 0 Å². The zero-order valence-corrected chi connectivity index (χ0v) is 26.9. The monoisotopic (exact) mass is 672 g/mol. The summed E-state index contributed by atoms with van der Waals surface area (Å²) in [5.74, 6) is -2.68. The normalized spacial score (nSPS) is 12.4. The van der Waals surface area contributed by atoms with Gasteiger partial charge in [-0.15, -0.1) is 0 Å². The van der Waals surface area contributed by atoms with Crippen molar-refractivity contribution in [1.29, 1.82) is 0 Å². The summed E-state index contributed by atoms with van der Waals surface area (Å²) in [5, 5.41) is 4.87. The molecule has 4 amide bonds. The first kappa shape index (κ1) is 36.6. The maximum atomic E-state index is 13.4. The highest BCUT2D eigenvalue weighted by molar-refractivity contribution is 6.48. The second kappa shape index (κ2) is 17.0. The molecule has 12 nitrogen and oxygen atoms in total. The molecule has 0 saturated heterocycles. The van der Waals surface area contributed by atoms with Gasteiger partial charge in [-0.05, 0) is 77.8 Å². The summed E-state index contributed by atoms with van der Waals surface area (Å²) in [6.45, 7) is 5.48. The molecule has 0 unspecified atom stereocenters. The quantitative estimate of drug-likeness (QED) is 0.120. The van der Waals surface area contributed by atoms with Gasteiger partial charge in [0.05, 0.1) is 10.0 Å². The number of rotatable bonds is 12. The molecule has 44 heavy (non-hydrogen) atoms. The lowest BCUT2D eigenvalue weighted by Gasteiger charge is -2.28. The fourth-order valence-corrected chi connectivity index (χ4v) is 4.12. The molecule has 0 radical (unpaired) electrons. The molecule has 4 N–H and O–H groups in total. The highest BCUT2D eigenvalue weighted by Crippen LogP contribution is 2.37. The third-order valence-electron chi connectivity index (χ3n) is 5.63. The average Bonchev–Trinajstić information content (AvgIpc) is 2.95. The number of nitrogens with zero attached hydrogens (tertiary/aromatic N) is 1. The van der Waals surface area contributed by atoms with Crippen molar-refractivity contribution < 1.29 is 38.2 Å². The smallest absolute Gasteiger partial charge is 0.417 e. The Bertz CT molecular complexity index is 1340. The second-order valence-electron chi connectivity index (χ2n) is 10.5. The van der Waals surface area contributed by atoms with Gasteiger partial charge in [0.1, 0.15) is 35.0 Å². The number of amides is 4. The molecule has 0 bridgehead atoms. The Morgan fingerprint density at radius 1 is 0.909 bits per heavy atom. The van der Waals surface area contributed by atoms with Crippen molar-refractivity contribution in [3.63, 3.8) is 0 Å². The molecule has 15 heteroatoms. The molecule has 2 atom stereocenters. The van der Waals surface area contributed by atoms with Crippen molar-refractivity contribution in [2.24, 2.45) is 5.73 Å². The number of ether oxygens (including phenoxy) is 3. The number of carbonyl (C=O) groups excluding carboxylic acids is 5. The minimum Gasteiger partial charge on any atom is -0.443 e. The highest BCUT2D eigenvalue weighted by atomic mass is 35.5. The predicted molar refractivity (Wildman–Crippen MR) is 165 cm³/mol. The lowest BCUT2D eigenvalue weighted by atomic mass is 10.1. The van der Waals surface area contributed by atoms with Crippen LogP contribution in [0.3, 0.4) is 0 Å². The van der Waals surface area contributed by atoms with Crippen LogP contribution in [0.1, 0.15) is 47.0 Å². The minimum absolute atomic E-state index is 0.0580. The van der Waals surface area contributed by atoms with Crippen LogP contribution >= 0.6 is 34.8 Å². The van der Waals surface area contributed by atoms with Gasteiger partial charge < -0.3 is 30.6 Å². The standard InChI is InChI=1S/C29H35Cl3N4O8/c1-17(34-25(38)20(12-8-9-15-33)35-27(40)42-18-10-6-5-7-11-18)26(39)36(28(41)44-29(2,3)4)16-22(37)43-21-14-13-19(30)23(31)24(21)32/h5-7,10-11,13-14,17,20H,8-9,12,15-16,33H2,1-4H3,(H,34,38)(H,35,40)/t17-,20-/m0/s1. The molecule has 0 spiro atoms. The van der Waals surface area contributed by atoms with Crippen LogP contribution in [0.15, 0.2) is 42.5 Å². The van der Waals surface area contributed by atoms with E-state index in [0.717, 1.165) is 0 Å². The van der Waals surface area contributed by atoms with Gasteiger partial charge in [-0.1, -0.05) is 53.0 Å². The first-order chi connectivity index (χ1) is 20.6. The van der Waals surface area contributed by atoms with Crippen LogP contribution in [-0.2, 0) is 19.1 Å². The third kappa shape index (κ3) is 11.8. The molecule has 0 aliphatic rings. The van der Waals surface area contributed by atoms with Crippen LogP contribution in [-0.4, -0.2) is 65.6 Å². The fourth-order valence-electron chi connectivity index (χ4n) is 3.56. The van der Waals surface area contributed by atoms with Crippen molar-refractivity contribution in [2.75, 3.05) is 13.1 Å². The Kier molecular flexibility index (Phi) is 14.2. The predicted octanol–water partition coefficient (Wildman–Crippen LogP) is 5.11. The number of hydrogen-bond acceptors (Lipinski definition) is 9. The molecule has 2 rings (SSSR count). The Morgan fingerprint density at radius 3 is 2.18 bits per heavy atom. The summed E-state index contributed by atoms with van der Waals surface area (Å²) < 4.78 is 15.7. The lowest BCUT2D eigenvalue weighted by molar-refractivity contribution is -0.143. The van der Waals surface area contributed by atoms with E-state index in [2.05, 4.69) is 10.6 Å². The minimum atomic E-state index is -1.35. The van der Waals surface area contributed by atoms with Gasteiger partial charge >= 0.3 is 18.2 Å². The number of para-hydroxylation sites is 1. The Balaban J connectivity index is 2.19. The molecule has 0 saturated carbocycles. The first-order valence-electron chi connectivity index (χ1n) is 13.5. The second-order valence-corrected chi connectivity index (χ2v) is 11.6. The van der Waals surface area contributed by atoms with Gasteiger partial charge in [0.25, 0.3) is 5.91 Å². The number of hydrogen-bond donors (Lipinski definition) is 3. The SMILES string of the molecule is C[C@H](NC(=O)[C@H](CCCCN)NC(=O)Oc1ccccc1)C(=O)N(CC(=O)Oc1ccc(Cl)c(Cl)c1Cl)C(=O)OC(C)(C)C. The molecule has 0 heterocycles. The molecular formula is C29H35Cl3N4O8. The van der Waals surface area contributed by atoms with Crippen molar-refractivity contribution in [2.45, 2.75) is 64.6 Å². The van der Waals surface area contributed by atoms with Gasteiger partial charge in [-0.2, -0.15) is 0 Å². The van der Waals surface area contributed by atoms with Gasteiger partial charge in [0, 0.05) is 0 Å². The van der Waals surface area contributed by atoms with Crippen molar-refractivity contribution in [1.82, 2.24) is 15.5 Å². The van der Waals surface area contributed by atoms with Crippen LogP contribution in [0.2, 0.25) is 15.1 Å². The Hall–Kier alpha value is -3.58. The highest BCUT2D eigenvalue weighted by Gasteiger charge is 2.34. The zero-order chi connectivity index (χ0) is 33.0. The summed E-state index contributed by atoms with van der Waals surface area (Å²) >= 11 is 18.0. The number of halogens is 3. The molecule has 2 aromatic carbocycles. The molecule has 2 aromatic rings. The van der Waals surface area contributed by atoms with E-state index < -0.39 is 54.2 Å². The largest absolute Gasteiger partial charge is 0.443 e. The molecular weight excluding hydrogens is 639 g/mol. The summed E-state index contributed by atoms with van der Waals surface area (Å²) in [7, 11) is 0. The lowest BCUT2D eigenvalue weighted by Crippen LogP contribution is -2.56. The number of esters is 1. The first-order valence-corrected chi connectivity index (χ1v) is 14.7. The van der Waals surface area contributed by atoms with Gasteiger partial charge in [0.2, 0.25) is 5.91 Å². The number of carbonyl (C=O) groups is 5. The Labute approximate surface area is 270 Å². The number of nitrogens with two attached hydrogens (primary N) is 1. The summed E-state index contributed by atoms with van der Waals surface area (Å²) in [4.78, 5) is 65.4. The zero-order valence-electron chi connectivity index (χ0n) is 24.7. The van der Waals surface area contributed by atoms with E-state index in [1.807, 2.05) is 0 Å². The maximum absolute atomic E-state index is 13.4.